The zero-order chi connectivity index (χ0) is 25.1. The molecule has 0 saturated carbocycles. The number of rotatable bonds is 7. The average molecular weight is 517 g/mol. The maximum atomic E-state index is 13.5. The molecule has 1 N–H and O–H groups in total. The van der Waals surface area contributed by atoms with Gasteiger partial charge < -0.3 is 9.15 Å². The van der Waals surface area contributed by atoms with Crippen LogP contribution >= 0.6 is 22.9 Å². The summed E-state index contributed by atoms with van der Waals surface area (Å²) >= 11 is 7.74. The molecule has 2 heterocycles. The van der Waals surface area contributed by atoms with E-state index in [0.29, 0.717) is 33.1 Å². The number of fused-ring (bicyclic) bond motifs is 1. The fraction of sp³-hybridized carbons (Fsp3) is 0.107. The highest BCUT2D eigenvalue weighted by Gasteiger charge is 2.26. The number of nitrogens with zero attached hydrogens (tertiary/aromatic N) is 1. The van der Waals surface area contributed by atoms with Crippen LogP contribution in [0.3, 0.4) is 0 Å². The third kappa shape index (κ3) is 4.76. The maximum absolute atomic E-state index is 13.5. The molecule has 0 fully saturated rings. The molecule has 0 bridgehead atoms. The summed E-state index contributed by atoms with van der Waals surface area (Å²) in [7, 11) is 0. The number of para-hydroxylation sites is 1. The standard InChI is InChI=1S/C28H21ClN2O4S/c1-2-22(27(33)31-28-30-21(16-36-28)17-10-4-3-5-11-17)34-26-24(32)19-13-7-9-15-23(19)35-25(26)18-12-6-8-14-20(18)29/h3-16,22H,2H2,1H3,(H,30,31,33). The summed E-state index contributed by atoms with van der Waals surface area (Å²) in [6.07, 6.45) is -0.642. The lowest BCUT2D eigenvalue weighted by Gasteiger charge is -2.18. The third-order valence-electron chi connectivity index (χ3n) is 5.60. The molecule has 1 atom stereocenters. The molecule has 5 rings (SSSR count). The van der Waals surface area contributed by atoms with Gasteiger partial charge in [0.1, 0.15) is 5.58 Å². The molecular formula is C28H21ClN2O4S. The van der Waals surface area contributed by atoms with Gasteiger partial charge in [0.15, 0.2) is 17.0 Å². The van der Waals surface area contributed by atoms with E-state index in [9.17, 15) is 9.59 Å². The number of amides is 1. The van der Waals surface area contributed by atoms with Gasteiger partial charge in [0.05, 0.1) is 16.1 Å². The van der Waals surface area contributed by atoms with E-state index in [2.05, 4.69) is 10.3 Å². The van der Waals surface area contributed by atoms with Crippen molar-refractivity contribution < 1.29 is 13.9 Å². The van der Waals surface area contributed by atoms with Crippen LogP contribution in [0.4, 0.5) is 5.13 Å². The van der Waals surface area contributed by atoms with E-state index in [1.165, 1.54) is 11.3 Å². The SMILES string of the molecule is CCC(Oc1c(-c2ccccc2Cl)oc2ccccc2c1=O)C(=O)Nc1nc(-c2ccccc2)cs1. The zero-order valence-corrected chi connectivity index (χ0v) is 20.8. The van der Waals surface area contributed by atoms with E-state index >= 15 is 0 Å². The molecule has 8 heteroatoms. The first-order chi connectivity index (χ1) is 17.5. The number of aromatic nitrogens is 1. The van der Waals surface area contributed by atoms with Gasteiger partial charge in [-0.2, -0.15) is 0 Å². The second-order valence-corrected chi connectivity index (χ2v) is 9.24. The summed E-state index contributed by atoms with van der Waals surface area (Å²) in [5.74, 6) is -0.298. The quantitative estimate of drug-likeness (QED) is 0.251. The molecule has 0 aliphatic carbocycles. The van der Waals surface area contributed by atoms with E-state index in [1.54, 1.807) is 55.5 Å². The number of thiazole rings is 1. The lowest BCUT2D eigenvalue weighted by Crippen LogP contribution is -2.34. The minimum absolute atomic E-state index is 0.0621. The van der Waals surface area contributed by atoms with Crippen molar-refractivity contribution in [3.05, 3.63) is 99.5 Å². The van der Waals surface area contributed by atoms with Crippen molar-refractivity contribution in [2.45, 2.75) is 19.4 Å². The number of ether oxygens (including phenoxy) is 1. The predicted molar refractivity (Wildman–Crippen MR) is 144 cm³/mol. The monoisotopic (exact) mass is 516 g/mol. The summed E-state index contributed by atoms with van der Waals surface area (Å²) in [6.45, 7) is 1.80. The molecule has 180 valence electrons. The molecule has 5 aromatic rings. The first-order valence-corrected chi connectivity index (χ1v) is 12.6. The average Bonchev–Trinajstić information content (AvgIpc) is 3.37. The third-order valence-corrected chi connectivity index (χ3v) is 6.69. The second-order valence-electron chi connectivity index (χ2n) is 7.97. The molecule has 0 aliphatic rings. The van der Waals surface area contributed by atoms with Gasteiger partial charge in [0.2, 0.25) is 11.2 Å². The molecule has 0 saturated heterocycles. The fourth-order valence-corrected chi connectivity index (χ4v) is 4.72. The van der Waals surface area contributed by atoms with E-state index in [-0.39, 0.29) is 16.9 Å². The topological polar surface area (TPSA) is 81.4 Å². The molecule has 0 spiro atoms. The van der Waals surface area contributed by atoms with Crippen LogP contribution in [-0.4, -0.2) is 17.0 Å². The normalized spacial score (nSPS) is 11.8. The lowest BCUT2D eigenvalue weighted by molar-refractivity contribution is -0.122. The number of carbonyl (C=O) groups is 1. The highest BCUT2D eigenvalue weighted by atomic mass is 35.5. The Morgan fingerprint density at radius 2 is 1.78 bits per heavy atom. The predicted octanol–water partition coefficient (Wildman–Crippen LogP) is 7.03. The first kappa shape index (κ1) is 23.8. The Kier molecular flexibility index (Phi) is 6.84. The summed E-state index contributed by atoms with van der Waals surface area (Å²) < 4.78 is 12.2. The van der Waals surface area contributed by atoms with Crippen LogP contribution in [0.2, 0.25) is 5.02 Å². The summed E-state index contributed by atoms with van der Waals surface area (Å²) in [6, 6.07) is 23.6. The first-order valence-electron chi connectivity index (χ1n) is 11.3. The van der Waals surface area contributed by atoms with Crippen LogP contribution in [0.1, 0.15) is 13.3 Å². The van der Waals surface area contributed by atoms with Gasteiger partial charge in [0.25, 0.3) is 5.91 Å². The van der Waals surface area contributed by atoms with Gasteiger partial charge in [-0.3, -0.25) is 14.9 Å². The van der Waals surface area contributed by atoms with Crippen LogP contribution in [0.25, 0.3) is 33.6 Å². The highest BCUT2D eigenvalue weighted by molar-refractivity contribution is 7.14. The minimum Gasteiger partial charge on any atom is -0.473 e. The van der Waals surface area contributed by atoms with Crippen molar-refractivity contribution in [1.29, 1.82) is 0 Å². The number of hydrogen-bond donors (Lipinski definition) is 1. The van der Waals surface area contributed by atoms with Crippen LogP contribution < -0.4 is 15.5 Å². The Morgan fingerprint density at radius 1 is 1.06 bits per heavy atom. The number of nitrogens with one attached hydrogen (secondary N) is 1. The number of carbonyl (C=O) groups excluding carboxylic acids is 1. The second kappa shape index (κ2) is 10.4. The summed E-state index contributed by atoms with van der Waals surface area (Å²) in [4.78, 5) is 31.1. The van der Waals surface area contributed by atoms with Gasteiger partial charge in [-0.1, -0.05) is 73.1 Å². The lowest BCUT2D eigenvalue weighted by atomic mass is 10.1. The van der Waals surface area contributed by atoms with Crippen molar-refractivity contribution >= 4 is 44.9 Å². The van der Waals surface area contributed by atoms with Gasteiger partial charge in [-0.15, -0.1) is 11.3 Å². The number of benzene rings is 3. The molecule has 1 unspecified atom stereocenters. The van der Waals surface area contributed by atoms with E-state index in [1.807, 2.05) is 35.7 Å². The number of hydrogen-bond acceptors (Lipinski definition) is 6. The molecule has 36 heavy (non-hydrogen) atoms. The van der Waals surface area contributed by atoms with Crippen molar-refractivity contribution in [1.82, 2.24) is 4.98 Å². The minimum atomic E-state index is -0.959. The largest absolute Gasteiger partial charge is 0.473 e. The fourth-order valence-electron chi connectivity index (χ4n) is 3.78. The Balaban J connectivity index is 1.48. The smallest absolute Gasteiger partial charge is 0.267 e. The Hall–Kier alpha value is -3.94. The summed E-state index contributed by atoms with van der Waals surface area (Å²) in [5, 5.41) is 5.88. The van der Waals surface area contributed by atoms with E-state index < -0.39 is 12.0 Å². The molecular weight excluding hydrogens is 496 g/mol. The van der Waals surface area contributed by atoms with Crippen molar-refractivity contribution in [3.63, 3.8) is 0 Å². The molecule has 0 radical (unpaired) electrons. The van der Waals surface area contributed by atoms with Crippen molar-refractivity contribution in [2.24, 2.45) is 0 Å². The molecule has 2 aromatic heterocycles. The molecule has 3 aromatic carbocycles. The van der Waals surface area contributed by atoms with Crippen LogP contribution in [-0.2, 0) is 4.79 Å². The molecule has 6 nitrogen and oxygen atoms in total. The zero-order valence-electron chi connectivity index (χ0n) is 19.2. The summed E-state index contributed by atoms with van der Waals surface area (Å²) in [5.41, 5.74) is 2.24. The Morgan fingerprint density at radius 3 is 2.56 bits per heavy atom. The van der Waals surface area contributed by atoms with Crippen LogP contribution in [0.15, 0.2) is 93.5 Å². The Labute approximate surface area is 216 Å². The molecule has 1 amide bonds. The van der Waals surface area contributed by atoms with Gasteiger partial charge in [-0.05, 0) is 30.7 Å². The van der Waals surface area contributed by atoms with Crippen molar-refractivity contribution in [3.8, 4) is 28.3 Å². The number of halogens is 1. The van der Waals surface area contributed by atoms with E-state index in [4.69, 9.17) is 20.8 Å². The van der Waals surface area contributed by atoms with Crippen LogP contribution in [0.5, 0.6) is 5.75 Å². The highest BCUT2D eigenvalue weighted by Crippen LogP contribution is 2.36. The Bertz CT molecular complexity index is 1600. The van der Waals surface area contributed by atoms with E-state index in [0.717, 1.165) is 11.3 Å². The maximum Gasteiger partial charge on any atom is 0.267 e. The van der Waals surface area contributed by atoms with Gasteiger partial charge in [0, 0.05) is 16.5 Å². The molecule has 0 aliphatic heterocycles. The van der Waals surface area contributed by atoms with Gasteiger partial charge >= 0.3 is 0 Å². The van der Waals surface area contributed by atoms with Crippen LogP contribution in [0, 0.1) is 0 Å². The van der Waals surface area contributed by atoms with Crippen molar-refractivity contribution in [2.75, 3.05) is 5.32 Å². The van der Waals surface area contributed by atoms with Gasteiger partial charge in [-0.25, -0.2) is 4.98 Å². The number of anilines is 1.